The topological polar surface area (TPSA) is 51.2 Å². The van der Waals surface area contributed by atoms with Gasteiger partial charge in [-0.3, -0.25) is 9.69 Å². The lowest BCUT2D eigenvalue weighted by atomic mass is 9.53. The highest BCUT2D eigenvalue weighted by Crippen LogP contribution is 2.66. The van der Waals surface area contributed by atoms with Crippen LogP contribution >= 0.6 is 0 Å². The minimum atomic E-state index is -0.0242. The fraction of sp³-hybridized carbons (Fsp3) is 0.609. The number of amides is 1. The quantitative estimate of drug-likeness (QED) is 0.719. The molecule has 4 fully saturated rings. The third-order valence-corrected chi connectivity index (χ3v) is 8.81. The lowest BCUT2D eigenvalue weighted by Crippen LogP contribution is -2.69. The predicted molar refractivity (Wildman–Crippen MR) is 107 cm³/mol. The second-order valence-electron chi connectivity index (χ2n) is 9.48. The average molecular weight is 394 g/mol. The van der Waals surface area contributed by atoms with Crippen molar-refractivity contribution >= 4 is 11.6 Å². The molecule has 6 nitrogen and oxygen atoms in total. The fourth-order valence-electron chi connectivity index (χ4n) is 7.87. The third-order valence-electron chi connectivity index (χ3n) is 8.81. The highest BCUT2D eigenvalue weighted by molar-refractivity contribution is 5.99. The number of carbonyl (C=O) groups excluding carboxylic acids is 1. The third kappa shape index (κ3) is 1.76. The van der Waals surface area contributed by atoms with Crippen LogP contribution in [0, 0.1) is 11.8 Å². The van der Waals surface area contributed by atoms with Gasteiger partial charge < -0.3 is 19.1 Å². The summed E-state index contributed by atoms with van der Waals surface area (Å²) in [5.74, 6) is 2.57. The molecule has 1 aromatic rings. The summed E-state index contributed by atoms with van der Waals surface area (Å²) in [7, 11) is 3.36. The van der Waals surface area contributed by atoms with Crippen LogP contribution < -0.4 is 14.4 Å². The van der Waals surface area contributed by atoms with Crippen molar-refractivity contribution in [3.05, 3.63) is 29.3 Å². The van der Waals surface area contributed by atoms with E-state index in [-0.39, 0.29) is 23.5 Å². The van der Waals surface area contributed by atoms with Crippen LogP contribution in [0.25, 0.3) is 0 Å². The van der Waals surface area contributed by atoms with E-state index in [1.807, 2.05) is 6.07 Å². The normalized spacial score (nSPS) is 41.0. The van der Waals surface area contributed by atoms with Crippen molar-refractivity contribution in [2.75, 3.05) is 38.8 Å². The van der Waals surface area contributed by atoms with E-state index >= 15 is 0 Å². The Morgan fingerprint density at radius 3 is 2.86 bits per heavy atom. The highest BCUT2D eigenvalue weighted by atomic mass is 16.5. The van der Waals surface area contributed by atoms with E-state index in [9.17, 15) is 4.79 Å². The molecular weight excluding hydrogens is 368 g/mol. The molecule has 29 heavy (non-hydrogen) atoms. The second-order valence-corrected chi connectivity index (χ2v) is 9.48. The van der Waals surface area contributed by atoms with Gasteiger partial charge in [0.15, 0.2) is 11.5 Å². The number of anilines is 1. The number of benzene rings is 1. The lowest BCUT2D eigenvalue weighted by molar-refractivity contribution is -0.132. The maximum atomic E-state index is 13.5. The van der Waals surface area contributed by atoms with Gasteiger partial charge in [0, 0.05) is 30.0 Å². The number of carbonyl (C=O) groups is 1. The van der Waals surface area contributed by atoms with Gasteiger partial charge in [-0.05, 0) is 36.9 Å². The SMILES string of the molecule is COc1cc2c(cc1OC)[C@@]13CCN4CC5=CCO[C@H]6CC(=O)N2[C@H]1[C@H]6[C@H]5C[C@H]43. The Morgan fingerprint density at radius 1 is 1.21 bits per heavy atom. The van der Waals surface area contributed by atoms with Gasteiger partial charge in [0.25, 0.3) is 0 Å². The van der Waals surface area contributed by atoms with Crippen molar-refractivity contribution in [2.24, 2.45) is 11.8 Å². The van der Waals surface area contributed by atoms with Crippen LogP contribution in [0.5, 0.6) is 11.5 Å². The van der Waals surface area contributed by atoms with Crippen LogP contribution in [0.3, 0.4) is 0 Å². The van der Waals surface area contributed by atoms with Gasteiger partial charge >= 0.3 is 0 Å². The Labute approximate surface area is 170 Å². The smallest absolute Gasteiger partial charge is 0.229 e. The summed E-state index contributed by atoms with van der Waals surface area (Å²) in [5.41, 5.74) is 3.85. The summed E-state index contributed by atoms with van der Waals surface area (Å²) in [5, 5.41) is 0. The standard InChI is InChI=1S/C23H26N2O4/c1-27-16-8-14-15(9-17(16)28-2)25-20(26)10-18-21-13-7-19-23(14,22(21)25)4-5-24(19)11-12(13)3-6-29-18/h3,8-9,13,18-19,21-22H,4-7,10-11H2,1-2H3/t13-,18-,19-,21-,22-,23+/m0/s1. The molecule has 2 bridgehead atoms. The number of hydrogen-bond acceptors (Lipinski definition) is 5. The molecule has 5 aliphatic heterocycles. The Hall–Kier alpha value is -2.05. The molecular formula is C23H26N2O4. The zero-order chi connectivity index (χ0) is 19.5. The Kier molecular flexibility index (Phi) is 3.08. The van der Waals surface area contributed by atoms with Crippen molar-refractivity contribution < 1.29 is 19.0 Å². The molecule has 1 saturated carbocycles. The summed E-state index contributed by atoms with van der Waals surface area (Å²) in [6.45, 7) is 2.80. The molecule has 6 aliphatic rings. The molecule has 6 heteroatoms. The minimum absolute atomic E-state index is 0.0242. The molecule has 0 aromatic heterocycles. The molecule has 3 saturated heterocycles. The molecule has 0 unspecified atom stereocenters. The summed E-state index contributed by atoms with van der Waals surface area (Å²) >= 11 is 0. The first-order valence-electron chi connectivity index (χ1n) is 10.8. The minimum Gasteiger partial charge on any atom is -0.493 e. The zero-order valence-corrected chi connectivity index (χ0v) is 16.9. The van der Waals surface area contributed by atoms with Crippen LogP contribution in [-0.4, -0.2) is 62.9 Å². The van der Waals surface area contributed by atoms with E-state index in [2.05, 4.69) is 21.9 Å². The number of piperidine rings is 2. The van der Waals surface area contributed by atoms with E-state index in [0.717, 1.165) is 30.9 Å². The maximum Gasteiger partial charge on any atom is 0.229 e. The van der Waals surface area contributed by atoms with Gasteiger partial charge in [0.2, 0.25) is 5.91 Å². The lowest BCUT2D eigenvalue weighted by Gasteiger charge is -2.58. The first-order chi connectivity index (χ1) is 14.2. The molecule has 1 aromatic carbocycles. The number of rotatable bonds is 2. The molecule has 1 spiro atoms. The Bertz CT molecular complexity index is 974. The molecule has 6 atom stereocenters. The molecule has 0 N–H and O–H groups in total. The zero-order valence-electron chi connectivity index (χ0n) is 16.9. The van der Waals surface area contributed by atoms with Gasteiger partial charge in [0.05, 0.1) is 45.1 Å². The predicted octanol–water partition coefficient (Wildman–Crippen LogP) is 2.11. The maximum absolute atomic E-state index is 13.5. The highest BCUT2D eigenvalue weighted by Gasteiger charge is 2.71. The molecule has 1 aliphatic carbocycles. The van der Waals surface area contributed by atoms with Crippen molar-refractivity contribution in [3.8, 4) is 11.5 Å². The van der Waals surface area contributed by atoms with Crippen molar-refractivity contribution in [2.45, 2.75) is 42.9 Å². The first kappa shape index (κ1) is 16.7. The molecule has 1 amide bonds. The largest absolute Gasteiger partial charge is 0.493 e. The number of ether oxygens (including phenoxy) is 3. The van der Waals surface area contributed by atoms with E-state index in [0.29, 0.717) is 36.7 Å². The van der Waals surface area contributed by atoms with Crippen molar-refractivity contribution in [1.82, 2.24) is 4.90 Å². The Morgan fingerprint density at radius 2 is 2.03 bits per heavy atom. The van der Waals surface area contributed by atoms with Crippen molar-refractivity contribution in [1.29, 1.82) is 0 Å². The molecule has 152 valence electrons. The van der Waals surface area contributed by atoms with E-state index in [4.69, 9.17) is 14.2 Å². The molecule has 0 radical (unpaired) electrons. The van der Waals surface area contributed by atoms with Gasteiger partial charge in [-0.15, -0.1) is 0 Å². The Balaban J connectivity index is 1.52. The number of fused-ring (bicyclic) bond motifs is 2. The van der Waals surface area contributed by atoms with Gasteiger partial charge in [-0.1, -0.05) is 11.6 Å². The van der Waals surface area contributed by atoms with Crippen LogP contribution in [0.4, 0.5) is 5.69 Å². The molecule has 7 rings (SSSR count). The number of nitrogens with zero attached hydrogens (tertiary/aromatic N) is 2. The van der Waals surface area contributed by atoms with Crippen LogP contribution in [-0.2, 0) is 14.9 Å². The van der Waals surface area contributed by atoms with E-state index in [1.165, 1.54) is 12.0 Å². The van der Waals surface area contributed by atoms with E-state index in [1.54, 1.807) is 19.8 Å². The summed E-state index contributed by atoms with van der Waals surface area (Å²) < 4.78 is 17.6. The first-order valence-corrected chi connectivity index (χ1v) is 10.8. The summed E-state index contributed by atoms with van der Waals surface area (Å²) in [6, 6.07) is 4.87. The van der Waals surface area contributed by atoms with Gasteiger partial charge in [-0.2, -0.15) is 0 Å². The summed E-state index contributed by atoms with van der Waals surface area (Å²) in [4.78, 5) is 18.3. The molecule has 5 heterocycles. The van der Waals surface area contributed by atoms with E-state index < -0.39 is 0 Å². The van der Waals surface area contributed by atoms with Gasteiger partial charge in [-0.25, -0.2) is 0 Å². The number of methoxy groups -OCH3 is 2. The second kappa shape index (κ2) is 5.35. The van der Waals surface area contributed by atoms with Crippen molar-refractivity contribution in [3.63, 3.8) is 0 Å². The average Bonchev–Trinajstić information content (AvgIpc) is 3.20. The van der Waals surface area contributed by atoms with Crippen LogP contribution in [0.2, 0.25) is 0 Å². The van der Waals surface area contributed by atoms with Crippen LogP contribution in [0.15, 0.2) is 23.8 Å². The summed E-state index contributed by atoms with van der Waals surface area (Å²) in [6.07, 6.45) is 5.11. The monoisotopic (exact) mass is 394 g/mol. The van der Waals surface area contributed by atoms with Gasteiger partial charge in [0.1, 0.15) is 0 Å². The fourth-order valence-corrected chi connectivity index (χ4v) is 7.87. The number of hydrogen-bond donors (Lipinski definition) is 0. The van der Waals surface area contributed by atoms with Crippen LogP contribution in [0.1, 0.15) is 24.8 Å².